The van der Waals surface area contributed by atoms with E-state index < -0.39 is 0 Å². The Morgan fingerprint density at radius 2 is 1.92 bits per heavy atom. The van der Waals surface area contributed by atoms with Crippen LogP contribution in [-0.2, 0) is 17.6 Å². The number of aromatic nitrogens is 1. The summed E-state index contributed by atoms with van der Waals surface area (Å²) in [4.78, 5) is 17.9. The van der Waals surface area contributed by atoms with Crippen LogP contribution in [0.15, 0.2) is 36.5 Å². The van der Waals surface area contributed by atoms with Gasteiger partial charge in [-0.3, -0.25) is 4.79 Å². The molecule has 2 aromatic rings. The largest absolute Gasteiger partial charge is 0.439 e. The molecule has 5 heteroatoms. The van der Waals surface area contributed by atoms with Crippen molar-refractivity contribution in [2.24, 2.45) is 0 Å². The highest BCUT2D eigenvalue weighted by Gasteiger charge is 2.21. The topological polar surface area (TPSA) is 54.5 Å². The van der Waals surface area contributed by atoms with Crippen LogP contribution in [0.4, 0.5) is 5.69 Å². The van der Waals surface area contributed by atoms with Crippen LogP contribution in [0.5, 0.6) is 11.6 Å². The molecule has 0 saturated carbocycles. The Morgan fingerprint density at radius 3 is 2.67 bits per heavy atom. The number of nitrogens with zero attached hydrogens (tertiary/aromatic N) is 2. The minimum absolute atomic E-state index is 0.171. The second-order valence-electron chi connectivity index (χ2n) is 6.29. The Hall–Kier alpha value is -2.40. The molecule has 1 N–H and O–H groups in total. The van der Waals surface area contributed by atoms with Crippen LogP contribution in [0.1, 0.15) is 24.0 Å². The smallest absolute Gasteiger partial charge is 0.227 e. The fourth-order valence-electron chi connectivity index (χ4n) is 3.35. The number of hydrogen-bond donors (Lipinski definition) is 1. The number of benzene rings is 1. The summed E-state index contributed by atoms with van der Waals surface area (Å²) in [6, 6.07) is 9.99. The van der Waals surface area contributed by atoms with E-state index in [2.05, 4.69) is 22.4 Å². The maximum atomic E-state index is 11.8. The number of hydrogen-bond acceptors (Lipinski definition) is 4. The zero-order valence-corrected chi connectivity index (χ0v) is 13.6. The maximum absolute atomic E-state index is 11.8. The van der Waals surface area contributed by atoms with E-state index >= 15 is 0 Å². The van der Waals surface area contributed by atoms with Gasteiger partial charge in [-0.15, -0.1) is 0 Å². The van der Waals surface area contributed by atoms with Gasteiger partial charge in [0, 0.05) is 19.0 Å². The first-order valence-corrected chi connectivity index (χ1v) is 8.56. The number of nitrogens with one attached hydrogen (secondary N) is 1. The van der Waals surface area contributed by atoms with Crippen molar-refractivity contribution in [3.63, 3.8) is 0 Å². The fraction of sp³-hybridized carbons (Fsp3) is 0.368. The Balaban J connectivity index is 1.49. The molecule has 2 aliphatic rings. The van der Waals surface area contributed by atoms with Gasteiger partial charge in [0.05, 0.1) is 11.9 Å². The van der Waals surface area contributed by atoms with E-state index in [0.29, 0.717) is 12.3 Å². The van der Waals surface area contributed by atoms with Gasteiger partial charge >= 0.3 is 0 Å². The van der Waals surface area contributed by atoms with Gasteiger partial charge < -0.3 is 15.0 Å². The van der Waals surface area contributed by atoms with Crippen molar-refractivity contribution < 1.29 is 9.53 Å². The van der Waals surface area contributed by atoms with E-state index in [4.69, 9.17) is 4.74 Å². The Bertz CT molecular complexity index is 743. The van der Waals surface area contributed by atoms with Crippen LogP contribution in [0.25, 0.3) is 0 Å². The van der Waals surface area contributed by atoms with Crippen LogP contribution in [0, 0.1) is 0 Å². The van der Waals surface area contributed by atoms with Crippen molar-refractivity contribution >= 4 is 11.6 Å². The van der Waals surface area contributed by atoms with Crippen molar-refractivity contribution in [1.82, 2.24) is 10.3 Å². The minimum atomic E-state index is 0.171. The third kappa shape index (κ3) is 3.12. The van der Waals surface area contributed by atoms with Gasteiger partial charge in [0.25, 0.3) is 0 Å². The lowest BCUT2D eigenvalue weighted by Crippen LogP contribution is -2.23. The molecule has 24 heavy (non-hydrogen) atoms. The van der Waals surface area contributed by atoms with Gasteiger partial charge in [0.15, 0.2) is 0 Å². The van der Waals surface area contributed by atoms with Crippen molar-refractivity contribution in [2.75, 3.05) is 24.5 Å². The molecule has 4 rings (SSSR count). The molecule has 0 atom stereocenters. The number of rotatable bonds is 3. The van der Waals surface area contributed by atoms with Gasteiger partial charge in [0.1, 0.15) is 5.75 Å². The van der Waals surface area contributed by atoms with Crippen LogP contribution in [-0.4, -0.2) is 30.5 Å². The normalized spacial score (nSPS) is 17.5. The lowest BCUT2D eigenvalue weighted by atomic mass is 10.0. The second-order valence-corrected chi connectivity index (χ2v) is 6.29. The first-order valence-electron chi connectivity index (χ1n) is 8.56. The van der Waals surface area contributed by atoms with Gasteiger partial charge in [-0.2, -0.15) is 0 Å². The molecule has 1 amide bonds. The number of ether oxygens (including phenoxy) is 1. The lowest BCUT2D eigenvalue weighted by molar-refractivity contribution is -0.117. The molecule has 0 spiro atoms. The van der Waals surface area contributed by atoms with Crippen LogP contribution in [0.3, 0.4) is 0 Å². The third-order valence-corrected chi connectivity index (χ3v) is 4.65. The number of anilines is 1. The summed E-state index contributed by atoms with van der Waals surface area (Å²) in [5, 5.41) is 3.41. The zero-order chi connectivity index (χ0) is 16.4. The number of amides is 1. The minimum Gasteiger partial charge on any atom is -0.439 e. The fourth-order valence-corrected chi connectivity index (χ4v) is 3.35. The predicted octanol–water partition coefficient (Wildman–Crippen LogP) is 2.69. The summed E-state index contributed by atoms with van der Waals surface area (Å²) >= 11 is 0. The summed E-state index contributed by atoms with van der Waals surface area (Å²) in [7, 11) is 0. The number of carbonyl (C=O) groups excluding carboxylic acids is 1. The lowest BCUT2D eigenvalue weighted by Gasteiger charge is -2.15. The van der Waals surface area contributed by atoms with Crippen LogP contribution >= 0.6 is 0 Å². The van der Waals surface area contributed by atoms with E-state index in [0.717, 1.165) is 50.3 Å². The monoisotopic (exact) mass is 323 g/mol. The molecule has 3 heterocycles. The molecule has 0 bridgehead atoms. The molecule has 1 aromatic heterocycles. The molecular formula is C19H21N3O2. The Kier molecular flexibility index (Phi) is 4.17. The Morgan fingerprint density at radius 1 is 1.04 bits per heavy atom. The summed E-state index contributed by atoms with van der Waals surface area (Å²) in [5.74, 6) is 1.54. The molecule has 5 nitrogen and oxygen atoms in total. The molecular weight excluding hydrogens is 302 g/mol. The summed E-state index contributed by atoms with van der Waals surface area (Å²) < 4.78 is 5.89. The van der Waals surface area contributed by atoms with Crippen molar-refractivity contribution in [1.29, 1.82) is 0 Å². The highest BCUT2D eigenvalue weighted by molar-refractivity contribution is 5.95. The average Bonchev–Trinajstić information content (AvgIpc) is 2.89. The van der Waals surface area contributed by atoms with E-state index in [9.17, 15) is 4.79 Å². The second kappa shape index (κ2) is 6.61. The van der Waals surface area contributed by atoms with Gasteiger partial charge in [-0.05, 0) is 61.7 Å². The molecule has 1 saturated heterocycles. The quantitative estimate of drug-likeness (QED) is 0.943. The SMILES string of the molecule is O=C1CCCN1c1ccc(Oc2ccc3c(c2)CCNCC3)nc1. The standard InChI is InChI=1S/C19H21N3O2/c23-19-2-1-11-22(19)16-4-6-18(21-13-16)24-17-5-3-14-7-9-20-10-8-15(14)12-17/h3-6,12-13,20H,1-2,7-11H2. The van der Waals surface area contributed by atoms with Crippen molar-refractivity contribution in [2.45, 2.75) is 25.7 Å². The van der Waals surface area contributed by atoms with Gasteiger partial charge in [-0.25, -0.2) is 4.98 Å². The van der Waals surface area contributed by atoms with E-state index in [1.165, 1.54) is 11.1 Å². The molecule has 1 fully saturated rings. The molecule has 0 unspecified atom stereocenters. The maximum Gasteiger partial charge on any atom is 0.227 e. The first-order chi connectivity index (χ1) is 11.8. The molecule has 124 valence electrons. The molecule has 0 aliphatic carbocycles. The third-order valence-electron chi connectivity index (χ3n) is 4.65. The summed E-state index contributed by atoms with van der Waals surface area (Å²) in [6.07, 6.45) is 5.34. The van der Waals surface area contributed by atoms with Crippen molar-refractivity contribution in [3.05, 3.63) is 47.7 Å². The number of fused-ring (bicyclic) bond motifs is 1. The van der Waals surface area contributed by atoms with E-state index in [1.54, 1.807) is 11.1 Å². The molecule has 1 aromatic carbocycles. The highest BCUT2D eigenvalue weighted by atomic mass is 16.5. The van der Waals surface area contributed by atoms with Crippen LogP contribution in [0.2, 0.25) is 0 Å². The molecule has 0 radical (unpaired) electrons. The number of pyridine rings is 1. The zero-order valence-electron chi connectivity index (χ0n) is 13.6. The predicted molar refractivity (Wildman–Crippen MR) is 92.6 cm³/mol. The highest BCUT2D eigenvalue weighted by Crippen LogP contribution is 2.26. The Labute approximate surface area is 141 Å². The molecule has 2 aliphatic heterocycles. The summed E-state index contributed by atoms with van der Waals surface area (Å²) in [5.41, 5.74) is 3.58. The van der Waals surface area contributed by atoms with E-state index in [-0.39, 0.29) is 5.91 Å². The van der Waals surface area contributed by atoms with Crippen LogP contribution < -0.4 is 15.0 Å². The van der Waals surface area contributed by atoms with Crippen molar-refractivity contribution in [3.8, 4) is 11.6 Å². The number of carbonyl (C=O) groups is 1. The average molecular weight is 323 g/mol. The van der Waals surface area contributed by atoms with Gasteiger partial charge in [0.2, 0.25) is 11.8 Å². The summed E-state index contributed by atoms with van der Waals surface area (Å²) in [6.45, 7) is 2.82. The van der Waals surface area contributed by atoms with E-state index in [1.807, 2.05) is 18.2 Å². The van der Waals surface area contributed by atoms with Gasteiger partial charge in [-0.1, -0.05) is 6.07 Å². The first kappa shape index (κ1) is 15.1.